The van der Waals surface area contributed by atoms with Gasteiger partial charge in [-0.1, -0.05) is 0 Å². The highest BCUT2D eigenvalue weighted by Crippen LogP contribution is 2.33. The van der Waals surface area contributed by atoms with E-state index in [0.717, 1.165) is 0 Å². The SMILES string of the molecule is CC(C)(C)OC(=O)N1CC(C[N+](=O)[O-])(n2ccnc2Br)C1. The summed E-state index contributed by atoms with van der Waals surface area (Å²) >= 11 is 3.27. The molecule has 0 aromatic carbocycles. The summed E-state index contributed by atoms with van der Waals surface area (Å²) in [6.07, 6.45) is 2.76. The van der Waals surface area contributed by atoms with E-state index in [4.69, 9.17) is 4.74 Å². The van der Waals surface area contributed by atoms with E-state index in [1.165, 1.54) is 4.90 Å². The van der Waals surface area contributed by atoms with Crippen LogP contribution in [0.5, 0.6) is 0 Å². The van der Waals surface area contributed by atoms with Gasteiger partial charge in [-0.3, -0.25) is 10.1 Å². The van der Waals surface area contributed by atoms with Gasteiger partial charge in [-0.2, -0.15) is 0 Å². The lowest BCUT2D eigenvalue weighted by Gasteiger charge is -2.48. The summed E-state index contributed by atoms with van der Waals surface area (Å²) in [4.78, 5) is 28.0. The predicted molar refractivity (Wildman–Crippen MR) is 77.6 cm³/mol. The van der Waals surface area contributed by atoms with Crippen LogP contribution in [0.4, 0.5) is 4.79 Å². The van der Waals surface area contributed by atoms with Gasteiger partial charge in [0.2, 0.25) is 6.54 Å². The average Bonchev–Trinajstić information content (AvgIpc) is 2.66. The second kappa shape index (κ2) is 5.28. The third kappa shape index (κ3) is 3.34. The number of nitro groups is 1. The van der Waals surface area contributed by atoms with Gasteiger partial charge in [0.05, 0.1) is 13.1 Å². The minimum atomic E-state index is -0.782. The van der Waals surface area contributed by atoms with E-state index in [2.05, 4.69) is 20.9 Å². The van der Waals surface area contributed by atoms with Crippen molar-refractivity contribution in [3.05, 3.63) is 27.2 Å². The first kappa shape index (κ1) is 15.7. The quantitative estimate of drug-likeness (QED) is 0.606. The van der Waals surface area contributed by atoms with Crippen LogP contribution < -0.4 is 0 Å². The maximum Gasteiger partial charge on any atom is 0.410 e. The van der Waals surface area contributed by atoms with Crippen molar-refractivity contribution >= 4 is 22.0 Å². The number of carbonyl (C=O) groups excluding carboxylic acids is 1. The first-order valence-electron chi connectivity index (χ1n) is 6.42. The Morgan fingerprint density at radius 3 is 2.62 bits per heavy atom. The van der Waals surface area contributed by atoms with E-state index in [0.29, 0.717) is 4.73 Å². The summed E-state index contributed by atoms with van der Waals surface area (Å²) in [5, 5.41) is 10.9. The van der Waals surface area contributed by atoms with Crippen molar-refractivity contribution in [3.8, 4) is 0 Å². The molecule has 1 aromatic heterocycles. The van der Waals surface area contributed by atoms with E-state index in [9.17, 15) is 14.9 Å². The summed E-state index contributed by atoms with van der Waals surface area (Å²) in [5.74, 6) is 0. The van der Waals surface area contributed by atoms with Crippen LogP contribution >= 0.6 is 15.9 Å². The zero-order valence-electron chi connectivity index (χ0n) is 12.1. The third-order valence-corrected chi connectivity index (χ3v) is 3.74. The molecular formula is C12H17BrN4O4. The number of rotatable bonds is 3. The number of likely N-dealkylation sites (tertiary alicyclic amines) is 1. The molecule has 2 rings (SSSR count). The Labute approximate surface area is 130 Å². The topological polar surface area (TPSA) is 90.5 Å². The van der Waals surface area contributed by atoms with E-state index in [-0.39, 0.29) is 24.6 Å². The van der Waals surface area contributed by atoms with Crippen LogP contribution in [0.15, 0.2) is 17.1 Å². The molecule has 0 unspecified atom stereocenters. The second-order valence-corrected chi connectivity index (χ2v) is 6.83. The number of hydrogen-bond donors (Lipinski definition) is 0. The van der Waals surface area contributed by atoms with Gasteiger partial charge < -0.3 is 14.2 Å². The lowest BCUT2D eigenvalue weighted by Crippen LogP contribution is -2.67. The summed E-state index contributed by atoms with van der Waals surface area (Å²) < 4.78 is 7.47. The zero-order chi connectivity index (χ0) is 15.8. The van der Waals surface area contributed by atoms with Gasteiger partial charge >= 0.3 is 6.09 Å². The molecule has 1 saturated heterocycles. The van der Waals surface area contributed by atoms with Crippen molar-refractivity contribution < 1.29 is 14.5 Å². The van der Waals surface area contributed by atoms with Crippen LogP contribution in [-0.4, -0.2) is 50.7 Å². The second-order valence-electron chi connectivity index (χ2n) is 6.12. The molecule has 1 aromatic rings. The van der Waals surface area contributed by atoms with E-state index >= 15 is 0 Å². The molecule has 8 nitrogen and oxygen atoms in total. The molecule has 1 aliphatic heterocycles. The molecule has 1 fully saturated rings. The maximum absolute atomic E-state index is 12.0. The molecule has 0 aliphatic carbocycles. The monoisotopic (exact) mass is 360 g/mol. The summed E-state index contributed by atoms with van der Waals surface area (Å²) in [6.45, 7) is 5.50. The van der Waals surface area contributed by atoms with Gasteiger partial charge in [0.25, 0.3) is 0 Å². The van der Waals surface area contributed by atoms with Gasteiger partial charge in [0, 0.05) is 17.3 Å². The van der Waals surface area contributed by atoms with Crippen molar-refractivity contribution in [1.82, 2.24) is 14.5 Å². The number of nitrogens with zero attached hydrogens (tertiary/aromatic N) is 4. The van der Waals surface area contributed by atoms with Gasteiger partial charge in [-0.25, -0.2) is 9.78 Å². The Balaban J connectivity index is 2.12. The molecular weight excluding hydrogens is 344 g/mol. The smallest absolute Gasteiger partial charge is 0.410 e. The summed E-state index contributed by atoms with van der Waals surface area (Å²) in [5.41, 5.74) is -1.37. The lowest BCUT2D eigenvalue weighted by atomic mass is 9.90. The standard InChI is InChI=1S/C12H17BrN4O4/c1-11(2,3)21-10(18)15-6-12(7-15,8-17(19)20)16-5-4-14-9(16)13/h4-5H,6-8H2,1-3H3. The van der Waals surface area contributed by atoms with Crippen molar-refractivity contribution in [1.29, 1.82) is 0 Å². The summed E-state index contributed by atoms with van der Waals surface area (Å²) in [7, 11) is 0. The molecule has 1 aliphatic rings. The van der Waals surface area contributed by atoms with Gasteiger partial charge in [0.1, 0.15) is 11.1 Å². The number of ether oxygens (including phenoxy) is 1. The molecule has 21 heavy (non-hydrogen) atoms. The Morgan fingerprint density at radius 2 is 2.19 bits per heavy atom. The Kier molecular flexibility index (Phi) is 3.96. The van der Waals surface area contributed by atoms with Crippen LogP contribution in [0.2, 0.25) is 0 Å². The summed E-state index contributed by atoms with van der Waals surface area (Å²) in [6, 6.07) is 0. The van der Waals surface area contributed by atoms with Crippen LogP contribution in [0, 0.1) is 10.1 Å². The van der Waals surface area contributed by atoms with Crippen LogP contribution in [0.25, 0.3) is 0 Å². The molecule has 116 valence electrons. The van der Waals surface area contributed by atoms with Crippen LogP contribution in [0.1, 0.15) is 20.8 Å². The predicted octanol–water partition coefficient (Wildman–Crippen LogP) is 1.87. The minimum Gasteiger partial charge on any atom is -0.444 e. The van der Waals surface area contributed by atoms with E-state index in [1.54, 1.807) is 37.7 Å². The Morgan fingerprint density at radius 1 is 1.57 bits per heavy atom. The van der Waals surface area contributed by atoms with Crippen LogP contribution in [-0.2, 0) is 10.3 Å². The average molecular weight is 361 g/mol. The molecule has 1 amide bonds. The van der Waals surface area contributed by atoms with Gasteiger partial charge in [0.15, 0.2) is 4.73 Å². The van der Waals surface area contributed by atoms with Gasteiger partial charge in [-0.05, 0) is 36.7 Å². The number of halogens is 1. The first-order chi connectivity index (χ1) is 9.63. The molecule has 0 saturated carbocycles. The van der Waals surface area contributed by atoms with Gasteiger partial charge in [-0.15, -0.1) is 0 Å². The highest BCUT2D eigenvalue weighted by atomic mass is 79.9. The normalized spacial score (nSPS) is 17.2. The van der Waals surface area contributed by atoms with Crippen LogP contribution in [0.3, 0.4) is 0 Å². The van der Waals surface area contributed by atoms with E-state index in [1.807, 2.05) is 0 Å². The largest absolute Gasteiger partial charge is 0.444 e. The molecule has 2 heterocycles. The molecule has 0 spiro atoms. The zero-order valence-corrected chi connectivity index (χ0v) is 13.7. The fourth-order valence-corrected chi connectivity index (χ4v) is 2.94. The number of aromatic nitrogens is 2. The highest BCUT2D eigenvalue weighted by molar-refractivity contribution is 9.10. The van der Waals surface area contributed by atoms with Crippen molar-refractivity contribution in [2.24, 2.45) is 0 Å². The first-order valence-corrected chi connectivity index (χ1v) is 7.21. The maximum atomic E-state index is 12.0. The third-order valence-electron chi connectivity index (χ3n) is 3.15. The fraction of sp³-hybridized carbons (Fsp3) is 0.667. The highest BCUT2D eigenvalue weighted by Gasteiger charge is 2.52. The lowest BCUT2D eigenvalue weighted by molar-refractivity contribution is -0.499. The minimum absolute atomic E-state index is 0.220. The molecule has 0 bridgehead atoms. The Bertz CT molecular complexity index is 560. The van der Waals surface area contributed by atoms with Crippen molar-refractivity contribution in [2.75, 3.05) is 19.6 Å². The Hall–Kier alpha value is -1.64. The number of carbonyl (C=O) groups is 1. The number of imidazole rings is 1. The molecule has 0 atom stereocenters. The molecule has 0 radical (unpaired) electrons. The molecule has 0 N–H and O–H groups in total. The van der Waals surface area contributed by atoms with E-state index < -0.39 is 17.2 Å². The number of amides is 1. The van der Waals surface area contributed by atoms with Crippen molar-refractivity contribution in [3.63, 3.8) is 0 Å². The molecule has 9 heteroatoms. The number of hydrogen-bond acceptors (Lipinski definition) is 5. The fourth-order valence-electron chi connectivity index (χ4n) is 2.33. The van der Waals surface area contributed by atoms with Crippen molar-refractivity contribution in [2.45, 2.75) is 31.9 Å².